The monoisotopic (exact) mass is 209 g/mol. The number of nitrogens with one attached hydrogen (secondary N) is 2. The quantitative estimate of drug-likeness (QED) is 0.598. The summed E-state index contributed by atoms with van der Waals surface area (Å²) in [5.74, 6) is 5.32. The van der Waals surface area contributed by atoms with Gasteiger partial charge in [0.15, 0.2) is 0 Å². The van der Waals surface area contributed by atoms with Crippen molar-refractivity contribution in [2.24, 2.45) is 0 Å². The Bertz CT molecular complexity index is 259. The van der Waals surface area contributed by atoms with E-state index in [1.807, 2.05) is 13.8 Å². The average Bonchev–Trinajstić information content (AvgIpc) is 2.18. The Morgan fingerprint density at radius 3 is 2.73 bits per heavy atom. The molecule has 1 heterocycles. The highest BCUT2D eigenvalue weighted by Crippen LogP contribution is 1.89. The van der Waals surface area contributed by atoms with Crippen LogP contribution in [-0.4, -0.2) is 49.6 Å². The SMILES string of the molecule is CC(C)NC(=O)C#CCN1CCNCC1. The summed E-state index contributed by atoms with van der Waals surface area (Å²) in [7, 11) is 0. The van der Waals surface area contributed by atoms with Crippen LogP contribution >= 0.6 is 0 Å². The van der Waals surface area contributed by atoms with Gasteiger partial charge in [-0.15, -0.1) is 0 Å². The van der Waals surface area contributed by atoms with E-state index in [0.29, 0.717) is 6.54 Å². The molecule has 1 aliphatic heterocycles. The van der Waals surface area contributed by atoms with Crippen molar-refractivity contribution >= 4 is 5.91 Å². The van der Waals surface area contributed by atoms with E-state index in [1.54, 1.807) is 0 Å². The zero-order valence-electron chi connectivity index (χ0n) is 9.47. The van der Waals surface area contributed by atoms with Crippen LogP contribution in [0.15, 0.2) is 0 Å². The Balaban J connectivity index is 2.22. The average molecular weight is 209 g/mol. The lowest BCUT2D eigenvalue weighted by Gasteiger charge is -2.24. The Labute approximate surface area is 91.4 Å². The molecule has 0 aromatic rings. The molecule has 1 saturated heterocycles. The van der Waals surface area contributed by atoms with Crippen LogP contribution < -0.4 is 10.6 Å². The molecule has 0 aromatic carbocycles. The number of piperazine rings is 1. The first-order chi connectivity index (χ1) is 7.18. The van der Waals surface area contributed by atoms with Crippen LogP contribution in [0.4, 0.5) is 0 Å². The van der Waals surface area contributed by atoms with Crippen LogP contribution in [0.5, 0.6) is 0 Å². The Hall–Kier alpha value is -1.05. The maximum absolute atomic E-state index is 11.2. The molecule has 84 valence electrons. The van der Waals surface area contributed by atoms with Crippen molar-refractivity contribution in [1.29, 1.82) is 0 Å². The Morgan fingerprint density at radius 1 is 1.47 bits per heavy atom. The fraction of sp³-hybridized carbons (Fsp3) is 0.727. The minimum absolute atomic E-state index is 0.158. The predicted molar refractivity (Wildman–Crippen MR) is 60.4 cm³/mol. The minimum atomic E-state index is -0.180. The summed E-state index contributed by atoms with van der Waals surface area (Å²) in [6.45, 7) is 8.60. The van der Waals surface area contributed by atoms with Gasteiger partial charge in [-0.2, -0.15) is 0 Å². The van der Waals surface area contributed by atoms with Gasteiger partial charge in [-0.05, 0) is 19.8 Å². The van der Waals surface area contributed by atoms with Crippen LogP contribution in [0, 0.1) is 11.8 Å². The van der Waals surface area contributed by atoms with E-state index < -0.39 is 0 Å². The van der Waals surface area contributed by atoms with E-state index in [-0.39, 0.29) is 11.9 Å². The third kappa shape index (κ3) is 5.40. The molecule has 0 unspecified atom stereocenters. The highest BCUT2D eigenvalue weighted by molar-refractivity contribution is 5.93. The molecular weight excluding hydrogens is 190 g/mol. The molecule has 15 heavy (non-hydrogen) atoms. The number of carbonyl (C=O) groups excluding carboxylic acids is 1. The number of amides is 1. The van der Waals surface area contributed by atoms with E-state index >= 15 is 0 Å². The molecule has 1 rings (SSSR count). The molecular formula is C11H19N3O. The third-order valence-electron chi connectivity index (χ3n) is 2.13. The summed E-state index contributed by atoms with van der Waals surface area (Å²) in [6, 6.07) is 0.158. The lowest BCUT2D eigenvalue weighted by Crippen LogP contribution is -2.43. The first kappa shape index (κ1) is 12.0. The van der Waals surface area contributed by atoms with Crippen LogP contribution in [0.25, 0.3) is 0 Å². The van der Waals surface area contributed by atoms with Gasteiger partial charge in [0, 0.05) is 32.2 Å². The maximum atomic E-state index is 11.2. The number of rotatable bonds is 2. The molecule has 1 amide bonds. The summed E-state index contributed by atoms with van der Waals surface area (Å²) >= 11 is 0. The smallest absolute Gasteiger partial charge is 0.296 e. The number of hydrogen-bond donors (Lipinski definition) is 2. The molecule has 0 aliphatic carbocycles. The largest absolute Gasteiger partial charge is 0.343 e. The fourth-order valence-corrected chi connectivity index (χ4v) is 1.40. The van der Waals surface area contributed by atoms with Gasteiger partial charge in [0.1, 0.15) is 0 Å². The first-order valence-corrected chi connectivity index (χ1v) is 5.41. The van der Waals surface area contributed by atoms with Gasteiger partial charge < -0.3 is 10.6 Å². The fourth-order valence-electron chi connectivity index (χ4n) is 1.40. The molecule has 4 nitrogen and oxygen atoms in total. The van der Waals surface area contributed by atoms with Gasteiger partial charge in [0.25, 0.3) is 5.91 Å². The van der Waals surface area contributed by atoms with Gasteiger partial charge in [-0.3, -0.25) is 9.69 Å². The standard InChI is InChI=1S/C11H19N3O/c1-10(2)13-11(15)4-3-7-14-8-5-12-6-9-14/h10,12H,5-9H2,1-2H3,(H,13,15). The van der Waals surface area contributed by atoms with Crippen molar-refractivity contribution in [2.75, 3.05) is 32.7 Å². The summed E-state index contributed by atoms with van der Waals surface area (Å²) in [5, 5.41) is 6.01. The second-order valence-electron chi connectivity index (χ2n) is 3.96. The minimum Gasteiger partial charge on any atom is -0.343 e. The molecule has 0 spiro atoms. The van der Waals surface area contributed by atoms with Crippen LogP contribution in [-0.2, 0) is 4.79 Å². The van der Waals surface area contributed by atoms with E-state index in [4.69, 9.17) is 0 Å². The van der Waals surface area contributed by atoms with Crippen molar-refractivity contribution in [2.45, 2.75) is 19.9 Å². The van der Waals surface area contributed by atoms with E-state index in [9.17, 15) is 4.79 Å². The molecule has 0 aromatic heterocycles. The van der Waals surface area contributed by atoms with E-state index in [2.05, 4.69) is 27.4 Å². The highest BCUT2D eigenvalue weighted by Gasteiger charge is 2.06. The van der Waals surface area contributed by atoms with Crippen LogP contribution in [0.1, 0.15) is 13.8 Å². The van der Waals surface area contributed by atoms with Gasteiger partial charge in [-0.1, -0.05) is 5.92 Å². The second-order valence-corrected chi connectivity index (χ2v) is 3.96. The molecule has 0 saturated carbocycles. The van der Waals surface area contributed by atoms with Gasteiger partial charge >= 0.3 is 0 Å². The van der Waals surface area contributed by atoms with Crippen molar-refractivity contribution in [3.05, 3.63) is 0 Å². The maximum Gasteiger partial charge on any atom is 0.296 e. The van der Waals surface area contributed by atoms with Crippen molar-refractivity contribution < 1.29 is 4.79 Å². The Kier molecular flexibility index (Phi) is 5.16. The first-order valence-electron chi connectivity index (χ1n) is 5.41. The molecule has 1 aliphatic rings. The normalized spacial score (nSPS) is 17.0. The van der Waals surface area contributed by atoms with E-state index in [0.717, 1.165) is 26.2 Å². The predicted octanol–water partition coefficient (Wildman–Crippen LogP) is -0.580. The van der Waals surface area contributed by atoms with Crippen molar-refractivity contribution in [1.82, 2.24) is 15.5 Å². The second kappa shape index (κ2) is 6.44. The molecule has 0 radical (unpaired) electrons. The van der Waals surface area contributed by atoms with Gasteiger partial charge in [-0.25, -0.2) is 0 Å². The summed E-state index contributed by atoms with van der Waals surface area (Å²) in [5.41, 5.74) is 0. The topological polar surface area (TPSA) is 44.4 Å². The molecule has 0 atom stereocenters. The number of nitrogens with zero attached hydrogens (tertiary/aromatic N) is 1. The highest BCUT2D eigenvalue weighted by atomic mass is 16.1. The third-order valence-corrected chi connectivity index (χ3v) is 2.13. The number of carbonyl (C=O) groups is 1. The molecule has 0 bridgehead atoms. The van der Waals surface area contributed by atoms with Crippen LogP contribution in [0.3, 0.4) is 0 Å². The summed E-state index contributed by atoms with van der Waals surface area (Å²) in [6.07, 6.45) is 0. The molecule has 1 fully saturated rings. The Morgan fingerprint density at radius 2 is 2.13 bits per heavy atom. The lowest BCUT2D eigenvalue weighted by atomic mass is 10.3. The summed E-state index contributed by atoms with van der Waals surface area (Å²) < 4.78 is 0. The number of hydrogen-bond acceptors (Lipinski definition) is 3. The van der Waals surface area contributed by atoms with Gasteiger partial charge in [0.05, 0.1) is 6.54 Å². The van der Waals surface area contributed by atoms with Crippen LogP contribution in [0.2, 0.25) is 0 Å². The van der Waals surface area contributed by atoms with E-state index in [1.165, 1.54) is 0 Å². The lowest BCUT2D eigenvalue weighted by molar-refractivity contribution is -0.116. The van der Waals surface area contributed by atoms with Crippen molar-refractivity contribution in [3.8, 4) is 11.8 Å². The summed E-state index contributed by atoms with van der Waals surface area (Å²) in [4.78, 5) is 13.4. The molecule has 4 heteroatoms. The zero-order valence-corrected chi connectivity index (χ0v) is 9.47. The van der Waals surface area contributed by atoms with Crippen molar-refractivity contribution in [3.63, 3.8) is 0 Å². The van der Waals surface area contributed by atoms with Gasteiger partial charge in [0.2, 0.25) is 0 Å². The zero-order chi connectivity index (χ0) is 11.1. The molecule has 2 N–H and O–H groups in total.